The summed E-state index contributed by atoms with van der Waals surface area (Å²) in [7, 11) is 3.27. The van der Waals surface area contributed by atoms with Crippen LogP contribution in [0.4, 0.5) is 0 Å². The largest absolute Gasteiger partial charge is 0.493 e. The Labute approximate surface area is 212 Å². The van der Waals surface area contributed by atoms with Gasteiger partial charge in [0.2, 0.25) is 5.88 Å². The maximum atomic E-state index is 6.51. The van der Waals surface area contributed by atoms with Gasteiger partial charge < -0.3 is 14.2 Å². The molecule has 0 fully saturated rings. The van der Waals surface area contributed by atoms with Crippen LogP contribution in [-0.4, -0.2) is 38.8 Å². The second kappa shape index (κ2) is 8.30. The van der Waals surface area contributed by atoms with Crippen LogP contribution in [0.25, 0.3) is 27.8 Å². The minimum absolute atomic E-state index is 0.228. The second-order valence-electron chi connectivity index (χ2n) is 8.76. The number of methoxy groups -OCH3 is 2. The minimum Gasteiger partial charge on any atom is -0.493 e. The fraction of sp³-hybridized carbons (Fsp3) is 0.103. The van der Waals surface area contributed by atoms with Gasteiger partial charge in [-0.2, -0.15) is 0 Å². The van der Waals surface area contributed by atoms with Gasteiger partial charge in [0.15, 0.2) is 23.0 Å². The van der Waals surface area contributed by atoms with Crippen LogP contribution in [0.5, 0.6) is 23.1 Å². The Balaban J connectivity index is 1.52. The molecule has 0 spiro atoms. The number of fused-ring (bicyclic) bond motifs is 6. The summed E-state index contributed by atoms with van der Waals surface area (Å²) in [4.78, 5) is 13.7. The fourth-order valence-corrected chi connectivity index (χ4v) is 5.05. The van der Waals surface area contributed by atoms with Crippen molar-refractivity contribution in [3.8, 4) is 34.5 Å². The molecule has 0 bridgehead atoms. The summed E-state index contributed by atoms with van der Waals surface area (Å²) in [5.74, 6) is 2.97. The number of rotatable bonds is 4. The number of aromatic nitrogens is 5. The molecule has 0 saturated carbocycles. The molecule has 0 N–H and O–H groups in total. The van der Waals surface area contributed by atoms with Gasteiger partial charge >= 0.3 is 0 Å². The maximum Gasteiger partial charge on any atom is 0.228 e. The molecule has 1 atom stereocenters. The van der Waals surface area contributed by atoms with E-state index in [1.165, 1.54) is 0 Å². The average Bonchev–Trinajstić information content (AvgIpc) is 3.41. The highest BCUT2D eigenvalue weighted by molar-refractivity contribution is 5.91. The zero-order valence-electron chi connectivity index (χ0n) is 20.1. The molecule has 0 aliphatic carbocycles. The van der Waals surface area contributed by atoms with Crippen molar-refractivity contribution in [1.29, 1.82) is 0 Å². The van der Waals surface area contributed by atoms with E-state index in [1.807, 2.05) is 42.5 Å². The Hall–Kier alpha value is -4.98. The third kappa shape index (κ3) is 3.30. The van der Waals surface area contributed by atoms with Crippen molar-refractivity contribution < 1.29 is 14.2 Å². The van der Waals surface area contributed by atoms with E-state index in [9.17, 15) is 0 Å². The molecule has 0 radical (unpaired) electrons. The molecule has 37 heavy (non-hydrogen) atoms. The lowest BCUT2D eigenvalue weighted by molar-refractivity contribution is 0.354. The Bertz CT molecular complexity index is 1800. The SMILES string of the molecule is COc1ccc(C2c3ccc4ccccc4c3Oc3ncn4nc(-c5ccncc5)nc4c32)cc1OC. The normalized spacial score (nSPS) is 14.2. The van der Waals surface area contributed by atoms with Gasteiger partial charge in [-0.1, -0.05) is 42.5 Å². The van der Waals surface area contributed by atoms with Gasteiger partial charge in [-0.3, -0.25) is 4.98 Å². The third-order valence-corrected chi connectivity index (χ3v) is 6.77. The van der Waals surface area contributed by atoms with Gasteiger partial charge in [0, 0.05) is 34.8 Å². The van der Waals surface area contributed by atoms with Crippen LogP contribution >= 0.6 is 0 Å². The minimum atomic E-state index is -0.228. The van der Waals surface area contributed by atoms with Gasteiger partial charge in [-0.25, -0.2) is 14.5 Å². The molecule has 3 aromatic heterocycles. The van der Waals surface area contributed by atoms with E-state index in [-0.39, 0.29) is 5.92 Å². The second-order valence-corrected chi connectivity index (χ2v) is 8.76. The molecule has 1 aliphatic heterocycles. The van der Waals surface area contributed by atoms with E-state index in [0.717, 1.165) is 38.8 Å². The monoisotopic (exact) mass is 487 g/mol. The summed E-state index contributed by atoms with van der Waals surface area (Å²) >= 11 is 0. The third-order valence-electron chi connectivity index (χ3n) is 6.77. The van der Waals surface area contributed by atoms with E-state index >= 15 is 0 Å². The molecule has 8 nitrogen and oxygen atoms in total. The van der Waals surface area contributed by atoms with Gasteiger partial charge in [0.05, 0.1) is 19.8 Å². The van der Waals surface area contributed by atoms with Crippen LogP contribution < -0.4 is 14.2 Å². The first-order chi connectivity index (χ1) is 18.2. The van der Waals surface area contributed by atoms with Crippen LogP contribution in [0.2, 0.25) is 0 Å². The van der Waals surface area contributed by atoms with E-state index in [2.05, 4.69) is 34.2 Å². The fourth-order valence-electron chi connectivity index (χ4n) is 5.05. The standard InChI is InChI=1S/C29H21N5O3/c1-35-22-10-8-19(15-23(22)36-2)24-21-9-7-17-5-3-4-6-20(17)26(21)37-29-25(24)28-32-27(33-34(28)16-31-29)18-11-13-30-14-12-18/h3-16,24H,1-2H3. The van der Waals surface area contributed by atoms with Crippen molar-refractivity contribution in [2.75, 3.05) is 14.2 Å². The molecule has 180 valence electrons. The number of ether oxygens (including phenoxy) is 3. The molecule has 3 aromatic carbocycles. The lowest BCUT2D eigenvalue weighted by Gasteiger charge is -2.29. The molecule has 4 heterocycles. The number of pyridine rings is 1. The number of nitrogens with zero attached hydrogens (tertiary/aromatic N) is 5. The van der Waals surface area contributed by atoms with Gasteiger partial charge in [-0.15, -0.1) is 5.10 Å². The molecule has 1 aliphatic rings. The summed E-state index contributed by atoms with van der Waals surface area (Å²) in [6.07, 6.45) is 5.10. The Kier molecular flexibility index (Phi) is 4.78. The first kappa shape index (κ1) is 21.3. The molecule has 8 heteroatoms. The lowest BCUT2D eigenvalue weighted by atomic mass is 9.82. The van der Waals surface area contributed by atoms with Crippen molar-refractivity contribution in [3.63, 3.8) is 0 Å². The van der Waals surface area contributed by atoms with Crippen molar-refractivity contribution in [2.45, 2.75) is 5.92 Å². The van der Waals surface area contributed by atoms with Gasteiger partial charge in [0.25, 0.3) is 0 Å². The number of hydrogen-bond donors (Lipinski definition) is 0. The molecular formula is C29H21N5O3. The summed E-state index contributed by atoms with van der Waals surface area (Å²) in [5.41, 5.74) is 4.41. The van der Waals surface area contributed by atoms with Crippen LogP contribution in [0.15, 0.2) is 85.5 Å². The van der Waals surface area contributed by atoms with Crippen molar-refractivity contribution in [1.82, 2.24) is 24.6 Å². The lowest BCUT2D eigenvalue weighted by Crippen LogP contribution is -2.15. The molecule has 6 aromatic rings. The number of hydrogen-bond acceptors (Lipinski definition) is 7. The zero-order chi connectivity index (χ0) is 24.9. The molecular weight excluding hydrogens is 466 g/mol. The van der Waals surface area contributed by atoms with E-state index < -0.39 is 0 Å². The molecule has 0 amide bonds. The highest BCUT2D eigenvalue weighted by atomic mass is 16.5. The zero-order valence-corrected chi connectivity index (χ0v) is 20.1. The highest BCUT2D eigenvalue weighted by Crippen LogP contribution is 2.51. The van der Waals surface area contributed by atoms with Crippen molar-refractivity contribution in [2.24, 2.45) is 0 Å². The van der Waals surface area contributed by atoms with Crippen LogP contribution in [0.3, 0.4) is 0 Å². The predicted octanol–water partition coefficient (Wildman–Crippen LogP) is 5.64. The van der Waals surface area contributed by atoms with E-state index in [0.29, 0.717) is 28.9 Å². The van der Waals surface area contributed by atoms with Crippen LogP contribution in [0, 0.1) is 0 Å². The smallest absolute Gasteiger partial charge is 0.228 e. The first-order valence-electron chi connectivity index (χ1n) is 11.8. The molecule has 7 rings (SSSR count). The Morgan fingerprint density at radius 2 is 1.73 bits per heavy atom. The van der Waals surface area contributed by atoms with E-state index in [1.54, 1.807) is 37.5 Å². The molecule has 0 saturated heterocycles. The Morgan fingerprint density at radius 3 is 2.57 bits per heavy atom. The summed E-state index contributed by atoms with van der Waals surface area (Å²) in [5, 5.41) is 6.82. The maximum absolute atomic E-state index is 6.51. The van der Waals surface area contributed by atoms with Gasteiger partial charge in [-0.05, 0) is 35.2 Å². The van der Waals surface area contributed by atoms with Crippen LogP contribution in [-0.2, 0) is 0 Å². The topological polar surface area (TPSA) is 83.7 Å². The van der Waals surface area contributed by atoms with Crippen LogP contribution in [0.1, 0.15) is 22.6 Å². The number of benzene rings is 3. The predicted molar refractivity (Wildman–Crippen MR) is 139 cm³/mol. The highest BCUT2D eigenvalue weighted by Gasteiger charge is 2.34. The summed E-state index contributed by atoms with van der Waals surface area (Å²) in [6.45, 7) is 0. The Morgan fingerprint density at radius 1 is 0.892 bits per heavy atom. The van der Waals surface area contributed by atoms with Gasteiger partial charge in [0.1, 0.15) is 12.1 Å². The first-order valence-corrected chi connectivity index (χ1v) is 11.8. The van der Waals surface area contributed by atoms with Crippen molar-refractivity contribution >= 4 is 16.4 Å². The van der Waals surface area contributed by atoms with E-state index in [4.69, 9.17) is 24.3 Å². The van der Waals surface area contributed by atoms with Crippen molar-refractivity contribution in [3.05, 3.63) is 102 Å². The quantitative estimate of drug-likeness (QED) is 0.318. The average molecular weight is 488 g/mol. The summed E-state index contributed by atoms with van der Waals surface area (Å²) < 4.78 is 19.4. The molecule has 1 unspecified atom stereocenters. The summed E-state index contributed by atoms with van der Waals surface area (Å²) in [6, 6.07) is 22.2.